The lowest BCUT2D eigenvalue weighted by atomic mass is 10.3. The summed E-state index contributed by atoms with van der Waals surface area (Å²) in [5, 5.41) is 1.79. The van der Waals surface area contributed by atoms with E-state index in [0.29, 0.717) is 12.1 Å². The van der Waals surface area contributed by atoms with Gasteiger partial charge in [0.25, 0.3) is 0 Å². The van der Waals surface area contributed by atoms with Crippen LogP contribution in [0.1, 0.15) is 0 Å². The molecule has 1 rings (SSSR count). The average Bonchev–Trinajstić information content (AvgIpc) is 1.96. The number of hydrogen-bond donors (Lipinski definition) is 0. The van der Waals surface area contributed by atoms with Crippen LogP contribution < -0.4 is 0 Å². The Kier molecular flexibility index (Phi) is 2.58. The van der Waals surface area contributed by atoms with Crippen molar-refractivity contribution in [2.75, 3.05) is 0 Å². The summed E-state index contributed by atoms with van der Waals surface area (Å²) >= 11 is 4.14. The highest BCUT2D eigenvalue weighted by Crippen LogP contribution is 2.22. The van der Waals surface area contributed by atoms with Crippen LogP contribution in [0.4, 0.5) is 18.9 Å². The molecule has 0 aliphatic rings. The Hall–Kier alpha value is -1.19. The second-order valence-corrected chi connectivity index (χ2v) is 2.10. The first-order chi connectivity index (χ1) is 5.65. The van der Waals surface area contributed by atoms with Crippen molar-refractivity contribution in [2.24, 2.45) is 4.99 Å². The van der Waals surface area contributed by atoms with Gasteiger partial charge < -0.3 is 0 Å². The zero-order valence-electron chi connectivity index (χ0n) is 5.64. The van der Waals surface area contributed by atoms with Crippen LogP contribution in [0, 0.1) is 17.5 Å². The molecule has 0 unspecified atom stereocenters. The lowest BCUT2D eigenvalue weighted by Crippen LogP contribution is -1.85. The van der Waals surface area contributed by atoms with E-state index in [1.807, 2.05) is 0 Å². The van der Waals surface area contributed by atoms with Crippen LogP contribution in [0.15, 0.2) is 17.1 Å². The largest absolute Gasteiger partial charge is 0.207 e. The maximum absolute atomic E-state index is 12.6. The van der Waals surface area contributed by atoms with E-state index in [2.05, 4.69) is 17.2 Å². The van der Waals surface area contributed by atoms with Crippen molar-refractivity contribution in [3.05, 3.63) is 29.6 Å². The summed E-state index contributed by atoms with van der Waals surface area (Å²) in [6, 6.07) is 1.04. The van der Waals surface area contributed by atoms with Gasteiger partial charge in [0.1, 0.15) is 11.5 Å². The molecule has 5 heteroatoms. The summed E-state index contributed by atoms with van der Waals surface area (Å²) in [6.07, 6.45) is 0. The first kappa shape index (κ1) is 8.90. The molecule has 0 aromatic heterocycles. The molecule has 0 atom stereocenters. The molecule has 12 heavy (non-hydrogen) atoms. The molecule has 0 radical (unpaired) electrons. The van der Waals surface area contributed by atoms with Crippen molar-refractivity contribution in [3.8, 4) is 0 Å². The van der Waals surface area contributed by atoms with E-state index in [0.717, 1.165) is 0 Å². The smallest absolute Gasteiger partial charge is 0.155 e. The molecular formula is C7H2F3NS. The van der Waals surface area contributed by atoms with Crippen molar-refractivity contribution in [1.29, 1.82) is 0 Å². The molecule has 1 aromatic carbocycles. The van der Waals surface area contributed by atoms with Gasteiger partial charge in [0.2, 0.25) is 0 Å². The van der Waals surface area contributed by atoms with Gasteiger partial charge in [0.15, 0.2) is 11.6 Å². The van der Waals surface area contributed by atoms with Gasteiger partial charge in [-0.3, -0.25) is 0 Å². The predicted octanol–water partition coefficient (Wildman–Crippen LogP) is 2.84. The monoisotopic (exact) mass is 189 g/mol. The van der Waals surface area contributed by atoms with Gasteiger partial charge >= 0.3 is 0 Å². The average molecular weight is 189 g/mol. The quantitative estimate of drug-likeness (QED) is 0.488. The summed E-state index contributed by atoms with van der Waals surface area (Å²) < 4.78 is 37.6. The van der Waals surface area contributed by atoms with Crippen molar-refractivity contribution < 1.29 is 13.2 Å². The van der Waals surface area contributed by atoms with Crippen LogP contribution in [0.25, 0.3) is 0 Å². The first-order valence-corrected chi connectivity index (χ1v) is 3.28. The SMILES string of the molecule is Fc1cc(F)c(N=C=S)c(F)c1. The van der Waals surface area contributed by atoms with Crippen molar-refractivity contribution in [1.82, 2.24) is 0 Å². The third-order valence-electron chi connectivity index (χ3n) is 1.14. The summed E-state index contributed by atoms with van der Waals surface area (Å²) in [5.74, 6) is -3.18. The van der Waals surface area contributed by atoms with Crippen molar-refractivity contribution >= 4 is 23.1 Å². The van der Waals surface area contributed by atoms with E-state index in [1.165, 1.54) is 0 Å². The lowest BCUT2D eigenvalue weighted by Gasteiger charge is -1.96. The third kappa shape index (κ3) is 1.69. The topological polar surface area (TPSA) is 12.4 Å². The van der Waals surface area contributed by atoms with Crippen molar-refractivity contribution in [2.45, 2.75) is 0 Å². The number of rotatable bonds is 1. The molecular weight excluding hydrogens is 187 g/mol. The summed E-state index contributed by atoms with van der Waals surface area (Å²) in [4.78, 5) is 3.10. The van der Waals surface area contributed by atoms with Gasteiger partial charge in [-0.25, -0.2) is 13.2 Å². The fourth-order valence-corrected chi connectivity index (χ4v) is 0.778. The Morgan fingerprint density at radius 3 is 2.08 bits per heavy atom. The fourth-order valence-electron chi connectivity index (χ4n) is 0.687. The van der Waals surface area contributed by atoms with Crippen LogP contribution in [0.5, 0.6) is 0 Å². The molecule has 62 valence electrons. The minimum Gasteiger partial charge on any atom is -0.207 e. The molecule has 0 amide bonds. The Balaban J connectivity index is 3.37. The van der Waals surface area contributed by atoms with Crippen molar-refractivity contribution in [3.63, 3.8) is 0 Å². The second-order valence-electron chi connectivity index (χ2n) is 1.92. The summed E-state index contributed by atoms with van der Waals surface area (Å²) in [5.41, 5.74) is -0.619. The molecule has 0 heterocycles. The van der Waals surface area contributed by atoms with Crippen LogP contribution in [-0.2, 0) is 0 Å². The minimum absolute atomic E-state index is 0.522. The Morgan fingerprint density at radius 1 is 1.17 bits per heavy atom. The van der Waals surface area contributed by atoms with E-state index in [9.17, 15) is 13.2 Å². The molecule has 0 N–H and O–H groups in total. The number of halogens is 3. The van der Waals surface area contributed by atoms with E-state index >= 15 is 0 Å². The molecule has 1 aromatic rings. The molecule has 0 bridgehead atoms. The van der Waals surface area contributed by atoms with Gasteiger partial charge in [0.05, 0.1) is 5.16 Å². The second kappa shape index (κ2) is 3.47. The van der Waals surface area contributed by atoms with Crippen LogP contribution in [0.2, 0.25) is 0 Å². The van der Waals surface area contributed by atoms with Gasteiger partial charge in [-0.05, 0) is 12.2 Å². The summed E-state index contributed by atoms with van der Waals surface area (Å²) in [7, 11) is 0. The van der Waals surface area contributed by atoms with E-state index in [1.54, 1.807) is 5.16 Å². The van der Waals surface area contributed by atoms with Crippen LogP contribution in [-0.4, -0.2) is 5.16 Å². The first-order valence-electron chi connectivity index (χ1n) is 2.87. The molecule has 0 saturated carbocycles. The van der Waals surface area contributed by atoms with Gasteiger partial charge in [0, 0.05) is 12.1 Å². The molecule has 0 fully saturated rings. The van der Waals surface area contributed by atoms with Crippen LogP contribution >= 0.6 is 12.2 Å². The highest BCUT2D eigenvalue weighted by atomic mass is 32.1. The third-order valence-corrected chi connectivity index (χ3v) is 1.23. The number of hydrogen-bond acceptors (Lipinski definition) is 2. The van der Waals surface area contributed by atoms with Gasteiger partial charge in [-0.1, -0.05) is 0 Å². The molecule has 0 aliphatic heterocycles. The molecule has 1 nitrogen and oxygen atoms in total. The predicted molar refractivity (Wildman–Crippen MR) is 41.0 cm³/mol. The molecule has 0 spiro atoms. The Labute approximate surface area is 71.5 Å². The zero-order valence-corrected chi connectivity index (χ0v) is 6.46. The van der Waals surface area contributed by atoms with E-state index in [4.69, 9.17) is 0 Å². The van der Waals surface area contributed by atoms with Gasteiger partial charge in [-0.15, -0.1) is 0 Å². The van der Waals surface area contributed by atoms with Crippen LogP contribution in [0.3, 0.4) is 0 Å². The van der Waals surface area contributed by atoms with E-state index in [-0.39, 0.29) is 0 Å². The summed E-state index contributed by atoms with van der Waals surface area (Å²) in [6.45, 7) is 0. The number of isothiocyanates is 1. The zero-order chi connectivity index (χ0) is 9.14. The van der Waals surface area contributed by atoms with Gasteiger partial charge in [-0.2, -0.15) is 4.99 Å². The maximum atomic E-state index is 12.6. The number of benzene rings is 1. The highest BCUT2D eigenvalue weighted by Gasteiger charge is 2.09. The van der Waals surface area contributed by atoms with E-state index < -0.39 is 23.1 Å². The Bertz CT molecular complexity index is 335. The lowest BCUT2D eigenvalue weighted by molar-refractivity contribution is 0.547. The standard InChI is InChI=1S/C7H2F3NS/c8-4-1-5(9)7(11-3-12)6(10)2-4/h1-2H. The highest BCUT2D eigenvalue weighted by molar-refractivity contribution is 7.78. The molecule has 0 aliphatic carbocycles. The fraction of sp³-hybridized carbons (Fsp3) is 0. The number of aliphatic imine (C=N–C) groups is 1. The maximum Gasteiger partial charge on any atom is 0.155 e. The normalized spacial score (nSPS) is 9.25. The number of nitrogens with zero attached hydrogens (tertiary/aromatic N) is 1. The number of thiocarbonyl (C=S) groups is 1. The molecule has 0 saturated heterocycles. The Morgan fingerprint density at radius 2 is 1.67 bits per heavy atom. The minimum atomic E-state index is -1.09.